The van der Waals surface area contributed by atoms with Crippen LogP contribution in [0.4, 0.5) is 11.4 Å². The molecule has 0 aliphatic rings. The van der Waals surface area contributed by atoms with Gasteiger partial charge in [-0.15, -0.1) is 10.2 Å². The lowest BCUT2D eigenvalue weighted by Crippen LogP contribution is -2.14. The number of aryl methyl sites for hydroxylation is 1. The van der Waals surface area contributed by atoms with Gasteiger partial charge in [-0.2, -0.15) is 0 Å². The van der Waals surface area contributed by atoms with Gasteiger partial charge in [0, 0.05) is 34.5 Å². The van der Waals surface area contributed by atoms with Crippen molar-refractivity contribution in [2.75, 3.05) is 10.6 Å². The van der Waals surface area contributed by atoms with E-state index in [9.17, 15) is 9.59 Å². The number of nitrogens with one attached hydrogen (secondary N) is 2. The van der Waals surface area contributed by atoms with Crippen molar-refractivity contribution in [1.29, 1.82) is 0 Å². The number of anilines is 2. The number of carbonyl (C=O) groups excluding carboxylic acids is 2. The first-order valence-corrected chi connectivity index (χ1v) is 11.5. The van der Waals surface area contributed by atoms with E-state index >= 15 is 0 Å². The third-order valence-corrected chi connectivity index (χ3v) is 6.48. The molecule has 0 aliphatic carbocycles. The molecule has 0 bridgehead atoms. The summed E-state index contributed by atoms with van der Waals surface area (Å²) in [6.07, 6.45) is 0.380. The second-order valence-corrected chi connectivity index (χ2v) is 9.12. The molecule has 158 valence electrons. The fourth-order valence-corrected chi connectivity index (χ4v) is 4.85. The first-order valence-electron chi connectivity index (χ1n) is 9.68. The highest BCUT2D eigenvalue weighted by molar-refractivity contribution is 8.00. The molecular weight excluding hydrogens is 432 g/mol. The summed E-state index contributed by atoms with van der Waals surface area (Å²) < 4.78 is 6.75. The van der Waals surface area contributed by atoms with E-state index < -0.39 is 0 Å². The Bertz CT molecular complexity index is 1250. The van der Waals surface area contributed by atoms with Crippen LogP contribution in [0.1, 0.15) is 34.5 Å². The van der Waals surface area contributed by atoms with Gasteiger partial charge in [-0.05, 0) is 31.2 Å². The first-order chi connectivity index (χ1) is 15.0. The lowest BCUT2D eigenvalue weighted by molar-refractivity contribution is -0.115. The number of aromatic nitrogens is 2. The zero-order chi connectivity index (χ0) is 21.8. The molecule has 0 radical (unpaired) electrons. The summed E-state index contributed by atoms with van der Waals surface area (Å²) in [6.45, 7) is 3.69. The average Bonchev–Trinajstić information content (AvgIpc) is 3.35. The summed E-state index contributed by atoms with van der Waals surface area (Å²) in [7, 11) is 0. The molecule has 0 saturated carbocycles. The lowest BCUT2D eigenvalue weighted by Gasteiger charge is -2.08. The molecule has 0 unspecified atom stereocenters. The van der Waals surface area contributed by atoms with Gasteiger partial charge in [-0.25, -0.2) is 0 Å². The molecule has 2 aromatic heterocycles. The number of nitrogens with zero attached hydrogens (tertiary/aromatic N) is 2. The van der Waals surface area contributed by atoms with E-state index in [2.05, 4.69) is 20.8 Å². The van der Waals surface area contributed by atoms with Crippen LogP contribution in [0.15, 0.2) is 57.3 Å². The average molecular weight is 453 g/mol. The lowest BCUT2D eigenvalue weighted by atomic mass is 10.1. The van der Waals surface area contributed by atoms with Gasteiger partial charge < -0.3 is 15.1 Å². The van der Waals surface area contributed by atoms with Gasteiger partial charge >= 0.3 is 0 Å². The normalized spacial score (nSPS) is 10.9. The van der Waals surface area contributed by atoms with Crippen molar-refractivity contribution in [2.24, 2.45) is 0 Å². The molecule has 0 aliphatic heterocycles. The monoisotopic (exact) mass is 452 g/mol. The number of furan rings is 1. The molecule has 0 fully saturated rings. The summed E-state index contributed by atoms with van der Waals surface area (Å²) in [4.78, 5) is 24.7. The van der Waals surface area contributed by atoms with E-state index in [-0.39, 0.29) is 17.6 Å². The van der Waals surface area contributed by atoms with Gasteiger partial charge in [0.25, 0.3) is 5.91 Å². The molecule has 9 heteroatoms. The van der Waals surface area contributed by atoms with Crippen LogP contribution in [0.25, 0.3) is 11.0 Å². The number of hydrogen-bond donors (Lipinski definition) is 2. The fourth-order valence-electron chi connectivity index (χ4n) is 3.01. The zero-order valence-electron chi connectivity index (χ0n) is 17.0. The molecule has 31 heavy (non-hydrogen) atoms. The Morgan fingerprint density at radius 2 is 1.84 bits per heavy atom. The highest BCUT2D eigenvalue weighted by atomic mass is 32.2. The number of carbonyl (C=O) groups is 2. The topological polar surface area (TPSA) is 97.1 Å². The van der Waals surface area contributed by atoms with E-state index in [1.54, 1.807) is 31.2 Å². The quantitative estimate of drug-likeness (QED) is 0.360. The molecule has 7 nitrogen and oxygen atoms in total. The minimum Gasteiger partial charge on any atom is -0.451 e. The van der Waals surface area contributed by atoms with Crippen LogP contribution in [0.5, 0.6) is 0 Å². The summed E-state index contributed by atoms with van der Waals surface area (Å²) in [5.41, 5.74) is 2.65. The Balaban J connectivity index is 1.59. The van der Waals surface area contributed by atoms with Crippen molar-refractivity contribution in [3.8, 4) is 0 Å². The Kier molecular flexibility index (Phi) is 6.34. The van der Waals surface area contributed by atoms with Gasteiger partial charge in [0.2, 0.25) is 5.91 Å². The molecule has 2 heterocycles. The van der Waals surface area contributed by atoms with E-state index in [1.165, 1.54) is 23.1 Å². The van der Waals surface area contributed by atoms with Crippen molar-refractivity contribution in [3.05, 3.63) is 64.9 Å². The Labute approximate surface area is 187 Å². The van der Waals surface area contributed by atoms with E-state index in [0.29, 0.717) is 29.1 Å². The standard InChI is InChI=1S/C22H20N4O3S2/c1-3-19(27)23-14-7-6-8-15(11-14)24-21(28)20-17(12-30-22-26-25-13(2)31-22)16-9-4-5-10-18(16)29-20/h4-11H,3,12H2,1-2H3,(H,23,27)(H,24,28). The van der Waals surface area contributed by atoms with E-state index in [0.717, 1.165) is 20.3 Å². The Hall–Kier alpha value is -3.17. The highest BCUT2D eigenvalue weighted by Crippen LogP contribution is 2.33. The predicted molar refractivity (Wildman–Crippen MR) is 124 cm³/mol. The molecule has 4 aromatic rings. The van der Waals surface area contributed by atoms with Crippen molar-refractivity contribution >= 4 is 57.3 Å². The minimum atomic E-state index is -0.348. The number of amides is 2. The van der Waals surface area contributed by atoms with Crippen LogP contribution in [-0.4, -0.2) is 22.0 Å². The van der Waals surface area contributed by atoms with Crippen LogP contribution >= 0.6 is 23.1 Å². The number of fused-ring (bicyclic) bond motifs is 1. The summed E-state index contributed by atoms with van der Waals surface area (Å²) in [6, 6.07) is 14.6. The molecule has 0 spiro atoms. The highest BCUT2D eigenvalue weighted by Gasteiger charge is 2.21. The number of rotatable bonds is 7. The van der Waals surface area contributed by atoms with Crippen molar-refractivity contribution < 1.29 is 14.0 Å². The largest absolute Gasteiger partial charge is 0.451 e. The number of para-hydroxylation sites is 1. The summed E-state index contributed by atoms with van der Waals surface area (Å²) in [5, 5.41) is 15.6. The maximum atomic E-state index is 13.1. The van der Waals surface area contributed by atoms with Crippen LogP contribution in [-0.2, 0) is 10.5 Å². The minimum absolute atomic E-state index is 0.0908. The van der Waals surface area contributed by atoms with Gasteiger partial charge in [-0.1, -0.05) is 54.3 Å². The van der Waals surface area contributed by atoms with E-state index in [4.69, 9.17) is 4.42 Å². The fraction of sp³-hybridized carbons (Fsp3) is 0.182. The zero-order valence-corrected chi connectivity index (χ0v) is 18.6. The third kappa shape index (κ3) is 4.95. The van der Waals surface area contributed by atoms with Crippen LogP contribution in [0.3, 0.4) is 0 Å². The maximum absolute atomic E-state index is 13.1. The Morgan fingerprint density at radius 3 is 2.58 bits per heavy atom. The molecular formula is C22H20N4O3S2. The van der Waals surface area contributed by atoms with Crippen molar-refractivity contribution in [3.63, 3.8) is 0 Å². The molecule has 0 saturated heterocycles. The van der Waals surface area contributed by atoms with Gasteiger partial charge in [0.1, 0.15) is 10.6 Å². The molecule has 2 amide bonds. The van der Waals surface area contributed by atoms with Crippen LogP contribution in [0.2, 0.25) is 0 Å². The van der Waals surface area contributed by atoms with Crippen molar-refractivity contribution in [1.82, 2.24) is 10.2 Å². The van der Waals surface area contributed by atoms with Gasteiger partial charge in [-0.3, -0.25) is 9.59 Å². The number of thioether (sulfide) groups is 1. The molecule has 2 N–H and O–H groups in total. The number of hydrogen-bond acceptors (Lipinski definition) is 7. The van der Waals surface area contributed by atoms with Gasteiger partial charge in [0.05, 0.1) is 0 Å². The molecule has 4 rings (SSSR count). The second kappa shape index (κ2) is 9.32. The van der Waals surface area contributed by atoms with Crippen LogP contribution in [0, 0.1) is 6.92 Å². The summed E-state index contributed by atoms with van der Waals surface area (Å²) >= 11 is 3.04. The predicted octanol–water partition coefficient (Wildman–Crippen LogP) is 5.49. The van der Waals surface area contributed by atoms with E-state index in [1.807, 2.05) is 31.2 Å². The number of benzene rings is 2. The Morgan fingerprint density at radius 1 is 1.06 bits per heavy atom. The first kappa shape index (κ1) is 21.1. The van der Waals surface area contributed by atoms with Gasteiger partial charge in [0.15, 0.2) is 10.1 Å². The maximum Gasteiger partial charge on any atom is 0.291 e. The second-order valence-electron chi connectivity index (χ2n) is 6.72. The summed E-state index contributed by atoms with van der Waals surface area (Å²) in [5.74, 6) is 0.352. The van der Waals surface area contributed by atoms with Crippen LogP contribution < -0.4 is 10.6 Å². The third-order valence-electron chi connectivity index (χ3n) is 4.48. The SMILES string of the molecule is CCC(=O)Nc1cccc(NC(=O)c2oc3ccccc3c2CSc2nnc(C)s2)c1. The molecule has 0 atom stereocenters. The van der Waals surface area contributed by atoms with Crippen molar-refractivity contribution in [2.45, 2.75) is 30.4 Å². The smallest absolute Gasteiger partial charge is 0.291 e. The molecule has 2 aromatic carbocycles.